The molecule has 0 saturated carbocycles. The van der Waals surface area contributed by atoms with Crippen molar-refractivity contribution in [3.05, 3.63) is 57.9 Å². The van der Waals surface area contributed by atoms with Crippen LogP contribution in [0.5, 0.6) is 0 Å². The highest BCUT2D eigenvalue weighted by molar-refractivity contribution is 7.88. The summed E-state index contributed by atoms with van der Waals surface area (Å²) in [7, 11) is -0.614. The van der Waals surface area contributed by atoms with Crippen LogP contribution in [0.2, 0.25) is 0 Å². The summed E-state index contributed by atoms with van der Waals surface area (Å²) in [4.78, 5) is 17.1. The second kappa shape index (κ2) is 11.1. The number of sulfonamides is 1. The molecule has 172 valence electrons. The zero-order valence-electron chi connectivity index (χ0n) is 19.5. The standard InChI is InChI=1S/C20H26FN3O4S.C2H6/c1-7-14(9-8-13(3)21)18-17(20(25)22-4)15-10-12(2)19(23-16(11-15)28-18)24(5)29(6,26)27;1-2/h8-10H,7,11H2,1-6H3,(H,22,25);1-2H3/b13-8+,14-9+;. The highest BCUT2D eigenvalue weighted by Crippen LogP contribution is 2.36. The monoisotopic (exact) mass is 453 g/mol. The van der Waals surface area contributed by atoms with Crippen LogP contribution in [-0.2, 0) is 19.6 Å². The molecule has 0 aliphatic carbocycles. The maximum Gasteiger partial charge on any atom is 0.255 e. The van der Waals surface area contributed by atoms with Crippen LogP contribution in [0.1, 0.15) is 47.5 Å². The van der Waals surface area contributed by atoms with Gasteiger partial charge in [0.1, 0.15) is 11.6 Å². The largest absolute Gasteiger partial charge is 0.441 e. The summed E-state index contributed by atoms with van der Waals surface area (Å²) >= 11 is 0. The summed E-state index contributed by atoms with van der Waals surface area (Å²) in [6.07, 6.45) is 6.42. The van der Waals surface area contributed by atoms with Gasteiger partial charge in [-0.2, -0.15) is 4.99 Å². The Bertz CT molecular complexity index is 1010. The Morgan fingerprint density at radius 3 is 2.45 bits per heavy atom. The van der Waals surface area contributed by atoms with Crippen LogP contribution in [0.15, 0.2) is 62.9 Å². The number of fused-ring (bicyclic) bond motifs is 2. The minimum absolute atomic E-state index is 0.219. The topological polar surface area (TPSA) is 88.1 Å². The van der Waals surface area contributed by atoms with E-state index in [1.807, 2.05) is 20.8 Å². The van der Waals surface area contributed by atoms with Crippen LogP contribution in [0.4, 0.5) is 4.39 Å². The van der Waals surface area contributed by atoms with E-state index >= 15 is 0 Å². The number of halogens is 1. The maximum atomic E-state index is 13.3. The molecule has 0 fully saturated rings. The van der Waals surface area contributed by atoms with E-state index in [0.29, 0.717) is 28.7 Å². The van der Waals surface area contributed by atoms with Crippen molar-refractivity contribution in [2.75, 3.05) is 20.4 Å². The van der Waals surface area contributed by atoms with Gasteiger partial charge < -0.3 is 10.1 Å². The number of likely N-dealkylation sites (N-methyl/N-ethyl adjacent to an activating group) is 1. The highest BCUT2D eigenvalue weighted by atomic mass is 32.2. The third-order valence-electron chi connectivity index (χ3n) is 4.52. The summed E-state index contributed by atoms with van der Waals surface area (Å²) in [6.45, 7) is 8.92. The van der Waals surface area contributed by atoms with Crippen molar-refractivity contribution < 1.29 is 22.3 Å². The molecule has 1 N–H and O–H groups in total. The molecule has 0 aromatic heterocycles. The molecule has 0 spiro atoms. The summed E-state index contributed by atoms with van der Waals surface area (Å²) in [6, 6.07) is 0. The van der Waals surface area contributed by atoms with E-state index in [1.165, 1.54) is 27.1 Å². The molecule has 2 heterocycles. The molecule has 2 aliphatic rings. The summed E-state index contributed by atoms with van der Waals surface area (Å²) in [5.74, 6) is 0.0467. The number of allylic oxidation sites excluding steroid dienone is 6. The van der Waals surface area contributed by atoms with E-state index < -0.39 is 10.0 Å². The Hall–Kier alpha value is -2.68. The SMILES string of the molecule is CC.CC/C(=C\C=C(/C)F)C1=C(C(=O)NC)C2=CC(C)=C(N(C)S(C)(=O)=O)N=C(C2)O1. The Morgan fingerprint density at radius 2 is 1.97 bits per heavy atom. The lowest BCUT2D eigenvalue weighted by atomic mass is 9.93. The number of hydrogen-bond donors (Lipinski definition) is 1. The average molecular weight is 454 g/mol. The molecule has 0 aromatic carbocycles. The van der Waals surface area contributed by atoms with Gasteiger partial charge in [0.2, 0.25) is 15.9 Å². The molecular weight excluding hydrogens is 421 g/mol. The van der Waals surface area contributed by atoms with Crippen molar-refractivity contribution in [1.29, 1.82) is 0 Å². The fraction of sp³-hybridized carbons (Fsp3) is 0.455. The molecular formula is C22H32FN3O4S. The fourth-order valence-electron chi connectivity index (χ4n) is 2.97. The summed E-state index contributed by atoms with van der Waals surface area (Å²) in [5.41, 5.74) is 2.18. The first kappa shape index (κ1) is 26.4. The number of carbonyl (C=O) groups excluding carboxylic acids is 1. The van der Waals surface area contributed by atoms with Gasteiger partial charge in [0.15, 0.2) is 0 Å². The molecule has 2 bridgehead atoms. The highest BCUT2D eigenvalue weighted by Gasteiger charge is 2.32. The molecule has 0 atom stereocenters. The molecule has 0 unspecified atom stereocenters. The lowest BCUT2D eigenvalue weighted by molar-refractivity contribution is -0.117. The zero-order valence-corrected chi connectivity index (χ0v) is 20.3. The van der Waals surface area contributed by atoms with E-state index in [-0.39, 0.29) is 35.6 Å². The molecule has 2 aliphatic heterocycles. The third-order valence-corrected chi connectivity index (χ3v) is 5.69. The number of rotatable bonds is 6. The first-order valence-corrected chi connectivity index (χ1v) is 11.9. The van der Waals surface area contributed by atoms with Gasteiger partial charge >= 0.3 is 0 Å². The van der Waals surface area contributed by atoms with Crippen LogP contribution in [0.25, 0.3) is 0 Å². The van der Waals surface area contributed by atoms with Gasteiger partial charge in [0.25, 0.3) is 5.91 Å². The number of aliphatic imine (C=N–C) groups is 1. The van der Waals surface area contributed by atoms with Crippen LogP contribution < -0.4 is 5.32 Å². The van der Waals surface area contributed by atoms with Crippen LogP contribution in [0.3, 0.4) is 0 Å². The van der Waals surface area contributed by atoms with Crippen LogP contribution >= 0.6 is 0 Å². The summed E-state index contributed by atoms with van der Waals surface area (Å²) in [5, 5.41) is 2.61. The molecule has 0 radical (unpaired) electrons. The Labute approximate surface area is 184 Å². The molecule has 1 amide bonds. The predicted octanol–water partition coefficient (Wildman–Crippen LogP) is 4.10. The first-order valence-electron chi connectivity index (χ1n) is 10.1. The Morgan fingerprint density at radius 1 is 1.35 bits per heavy atom. The number of hydrogen-bond acceptors (Lipinski definition) is 5. The van der Waals surface area contributed by atoms with E-state index in [9.17, 15) is 17.6 Å². The predicted molar refractivity (Wildman–Crippen MR) is 122 cm³/mol. The second-order valence-electron chi connectivity index (χ2n) is 6.77. The van der Waals surface area contributed by atoms with Crippen LogP contribution in [0, 0.1) is 0 Å². The molecule has 7 nitrogen and oxygen atoms in total. The number of carbonyl (C=O) groups is 1. The quantitative estimate of drug-likeness (QED) is 0.613. The van der Waals surface area contributed by atoms with Crippen LogP contribution in [-0.4, -0.2) is 44.9 Å². The average Bonchev–Trinajstić information content (AvgIpc) is 2.83. The minimum atomic E-state index is -3.54. The molecule has 9 heteroatoms. The van der Waals surface area contributed by atoms with Gasteiger partial charge in [0, 0.05) is 14.1 Å². The van der Waals surface area contributed by atoms with E-state index in [2.05, 4.69) is 10.3 Å². The Kier molecular flexibility index (Phi) is 9.42. The number of amides is 1. The fourth-order valence-corrected chi connectivity index (χ4v) is 3.46. The van der Waals surface area contributed by atoms with Gasteiger partial charge in [-0.15, -0.1) is 0 Å². The zero-order chi connectivity index (χ0) is 23.9. The van der Waals surface area contributed by atoms with Crippen molar-refractivity contribution in [3.8, 4) is 0 Å². The lowest BCUT2D eigenvalue weighted by Gasteiger charge is -2.24. The lowest BCUT2D eigenvalue weighted by Crippen LogP contribution is -2.28. The van der Waals surface area contributed by atoms with E-state index in [4.69, 9.17) is 4.74 Å². The smallest absolute Gasteiger partial charge is 0.255 e. The second-order valence-corrected chi connectivity index (χ2v) is 8.79. The van der Waals surface area contributed by atoms with Gasteiger partial charge in [-0.1, -0.05) is 32.9 Å². The van der Waals surface area contributed by atoms with Crippen molar-refractivity contribution in [2.24, 2.45) is 4.99 Å². The van der Waals surface area contributed by atoms with Crippen molar-refractivity contribution >= 4 is 21.8 Å². The van der Waals surface area contributed by atoms with Crippen molar-refractivity contribution in [3.63, 3.8) is 0 Å². The summed E-state index contributed by atoms with van der Waals surface area (Å²) < 4.78 is 44.3. The number of nitrogens with zero attached hydrogens (tertiary/aromatic N) is 2. The van der Waals surface area contributed by atoms with Gasteiger partial charge in [0.05, 0.1) is 24.1 Å². The van der Waals surface area contributed by atoms with Gasteiger partial charge in [-0.25, -0.2) is 12.8 Å². The molecule has 2 rings (SSSR count). The van der Waals surface area contributed by atoms with E-state index in [0.717, 1.165) is 10.6 Å². The first-order chi connectivity index (χ1) is 14.5. The van der Waals surface area contributed by atoms with Gasteiger partial charge in [-0.05, 0) is 43.1 Å². The maximum absolute atomic E-state index is 13.3. The Balaban J connectivity index is 0.00000233. The minimum Gasteiger partial charge on any atom is -0.441 e. The number of nitrogens with one attached hydrogen (secondary N) is 1. The van der Waals surface area contributed by atoms with Gasteiger partial charge in [-0.3, -0.25) is 9.10 Å². The third kappa shape index (κ3) is 6.40. The van der Waals surface area contributed by atoms with Crippen molar-refractivity contribution in [1.82, 2.24) is 9.62 Å². The number of ether oxygens (including phenoxy) is 1. The molecule has 0 saturated heterocycles. The molecule has 0 aromatic rings. The van der Waals surface area contributed by atoms with Crippen molar-refractivity contribution in [2.45, 2.75) is 47.5 Å². The van der Waals surface area contributed by atoms with E-state index in [1.54, 1.807) is 19.1 Å². The normalized spacial score (nSPS) is 17.1. The molecule has 31 heavy (non-hydrogen) atoms.